The van der Waals surface area contributed by atoms with Gasteiger partial charge in [0.05, 0.1) is 0 Å². The van der Waals surface area contributed by atoms with Crippen molar-refractivity contribution in [3.8, 4) is 5.88 Å². The maximum absolute atomic E-state index is 10.2. The van der Waals surface area contributed by atoms with Crippen LogP contribution in [0.2, 0.25) is 0 Å². The molecular weight excluding hydrogens is 132 g/mol. The minimum absolute atomic E-state index is 0.451. The van der Waals surface area contributed by atoms with Gasteiger partial charge in [0.1, 0.15) is 0 Å². The molecule has 4 heteroatoms. The molecule has 10 heavy (non-hydrogen) atoms. The Morgan fingerprint density at radius 3 is 2.90 bits per heavy atom. The standard InChI is InChI=1S/C6H8N2O2/c1-8-4-2-3-5(8)10-6(7)9/h2-4H,1H3,(H2,7,9). The summed E-state index contributed by atoms with van der Waals surface area (Å²) >= 11 is 0. The van der Waals surface area contributed by atoms with Crippen molar-refractivity contribution in [2.75, 3.05) is 0 Å². The first-order valence-electron chi connectivity index (χ1n) is 2.79. The number of ether oxygens (including phenoxy) is 1. The van der Waals surface area contributed by atoms with Gasteiger partial charge in [0.15, 0.2) is 0 Å². The molecule has 0 bridgehead atoms. The van der Waals surface area contributed by atoms with Crippen molar-refractivity contribution < 1.29 is 9.53 Å². The minimum Gasteiger partial charge on any atom is -0.393 e. The highest BCUT2D eigenvalue weighted by Crippen LogP contribution is 2.08. The van der Waals surface area contributed by atoms with Crippen LogP contribution in [0.3, 0.4) is 0 Å². The van der Waals surface area contributed by atoms with Crippen LogP contribution < -0.4 is 10.5 Å². The molecule has 0 saturated carbocycles. The van der Waals surface area contributed by atoms with Gasteiger partial charge in [-0.2, -0.15) is 0 Å². The van der Waals surface area contributed by atoms with Gasteiger partial charge in [0, 0.05) is 19.3 Å². The SMILES string of the molecule is Cn1cccc1OC(N)=O. The summed E-state index contributed by atoms with van der Waals surface area (Å²) in [6.07, 6.45) is 0.972. The average Bonchev–Trinajstić information content (AvgIpc) is 2.15. The Morgan fingerprint density at radius 1 is 1.80 bits per heavy atom. The van der Waals surface area contributed by atoms with Crippen molar-refractivity contribution in [2.45, 2.75) is 0 Å². The van der Waals surface area contributed by atoms with E-state index in [1.54, 1.807) is 29.9 Å². The maximum atomic E-state index is 10.2. The lowest BCUT2D eigenvalue weighted by Crippen LogP contribution is -2.17. The Kier molecular flexibility index (Phi) is 1.62. The minimum atomic E-state index is -0.790. The van der Waals surface area contributed by atoms with Crippen LogP contribution in [0.4, 0.5) is 4.79 Å². The van der Waals surface area contributed by atoms with Crippen LogP contribution in [0.25, 0.3) is 0 Å². The Balaban J connectivity index is 2.74. The highest BCUT2D eigenvalue weighted by molar-refractivity contribution is 5.67. The molecule has 1 rings (SSSR count). The molecule has 0 aliphatic heterocycles. The van der Waals surface area contributed by atoms with Crippen molar-refractivity contribution in [2.24, 2.45) is 12.8 Å². The van der Waals surface area contributed by atoms with E-state index in [2.05, 4.69) is 4.74 Å². The summed E-state index contributed by atoms with van der Waals surface area (Å²) in [4.78, 5) is 10.2. The lowest BCUT2D eigenvalue weighted by atomic mass is 10.6. The normalized spacial score (nSPS) is 9.30. The number of carbonyl (C=O) groups is 1. The first-order valence-corrected chi connectivity index (χ1v) is 2.79. The Bertz CT molecular complexity index is 242. The van der Waals surface area contributed by atoms with Gasteiger partial charge in [-0.3, -0.25) is 0 Å². The zero-order valence-electron chi connectivity index (χ0n) is 5.57. The lowest BCUT2D eigenvalue weighted by Gasteiger charge is -1.99. The third-order valence-corrected chi connectivity index (χ3v) is 1.10. The number of aryl methyl sites for hydroxylation is 1. The smallest absolute Gasteiger partial charge is 0.393 e. The van der Waals surface area contributed by atoms with Crippen LogP contribution in [0.1, 0.15) is 0 Å². The molecule has 0 spiro atoms. The van der Waals surface area contributed by atoms with Gasteiger partial charge in [0.2, 0.25) is 5.88 Å². The van der Waals surface area contributed by atoms with E-state index in [4.69, 9.17) is 5.73 Å². The summed E-state index contributed by atoms with van der Waals surface area (Å²) in [7, 11) is 1.76. The molecule has 1 aromatic rings. The molecule has 1 heterocycles. The number of aromatic nitrogens is 1. The number of nitrogens with two attached hydrogens (primary N) is 1. The molecule has 54 valence electrons. The second kappa shape index (κ2) is 2.43. The van der Waals surface area contributed by atoms with Crippen molar-refractivity contribution in [1.82, 2.24) is 4.57 Å². The second-order valence-electron chi connectivity index (χ2n) is 1.88. The van der Waals surface area contributed by atoms with E-state index in [-0.39, 0.29) is 0 Å². The maximum Gasteiger partial charge on any atom is 0.411 e. The third-order valence-electron chi connectivity index (χ3n) is 1.10. The molecule has 1 aromatic heterocycles. The van der Waals surface area contributed by atoms with Crippen LogP contribution in [0.5, 0.6) is 5.88 Å². The van der Waals surface area contributed by atoms with Gasteiger partial charge in [-0.1, -0.05) is 0 Å². The average molecular weight is 140 g/mol. The second-order valence-corrected chi connectivity index (χ2v) is 1.88. The number of hydrogen-bond acceptors (Lipinski definition) is 2. The lowest BCUT2D eigenvalue weighted by molar-refractivity contribution is 0.207. The van der Waals surface area contributed by atoms with E-state index in [9.17, 15) is 4.79 Å². The number of carbonyl (C=O) groups excluding carboxylic acids is 1. The summed E-state index contributed by atoms with van der Waals surface area (Å²) in [6, 6.07) is 3.42. The highest BCUT2D eigenvalue weighted by Gasteiger charge is 1.99. The summed E-state index contributed by atoms with van der Waals surface area (Å²) < 4.78 is 6.24. The molecule has 1 amide bonds. The van der Waals surface area contributed by atoms with E-state index in [0.717, 1.165) is 0 Å². The highest BCUT2D eigenvalue weighted by atomic mass is 16.6. The van der Waals surface area contributed by atoms with Crippen LogP contribution in [0, 0.1) is 0 Å². The van der Waals surface area contributed by atoms with Gasteiger partial charge >= 0.3 is 6.09 Å². The largest absolute Gasteiger partial charge is 0.411 e. The molecule has 0 aromatic carbocycles. The quantitative estimate of drug-likeness (QED) is 0.616. The van der Waals surface area contributed by atoms with E-state index in [0.29, 0.717) is 5.88 Å². The molecule has 0 saturated heterocycles. The van der Waals surface area contributed by atoms with Gasteiger partial charge in [-0.25, -0.2) is 4.79 Å². The fourth-order valence-corrected chi connectivity index (χ4v) is 0.655. The molecule has 0 aliphatic rings. The van der Waals surface area contributed by atoms with Crippen molar-refractivity contribution in [3.63, 3.8) is 0 Å². The monoisotopic (exact) mass is 140 g/mol. The Labute approximate surface area is 58.2 Å². The molecule has 0 fully saturated rings. The predicted octanol–water partition coefficient (Wildman–Crippen LogP) is 0.483. The predicted molar refractivity (Wildman–Crippen MR) is 35.6 cm³/mol. The van der Waals surface area contributed by atoms with Crippen LogP contribution >= 0.6 is 0 Å². The van der Waals surface area contributed by atoms with Crippen molar-refractivity contribution in [3.05, 3.63) is 18.3 Å². The van der Waals surface area contributed by atoms with E-state index >= 15 is 0 Å². The zero-order valence-corrected chi connectivity index (χ0v) is 5.57. The first-order chi connectivity index (χ1) is 4.70. The van der Waals surface area contributed by atoms with Gasteiger partial charge < -0.3 is 15.0 Å². The molecule has 0 radical (unpaired) electrons. The topological polar surface area (TPSA) is 57.2 Å². The van der Waals surface area contributed by atoms with Crippen molar-refractivity contribution >= 4 is 6.09 Å². The van der Waals surface area contributed by atoms with E-state index in [1.807, 2.05) is 0 Å². The number of hydrogen-bond donors (Lipinski definition) is 1. The van der Waals surface area contributed by atoms with E-state index < -0.39 is 6.09 Å². The fourth-order valence-electron chi connectivity index (χ4n) is 0.655. The number of rotatable bonds is 1. The zero-order chi connectivity index (χ0) is 7.56. The summed E-state index contributed by atoms with van der Waals surface area (Å²) in [6.45, 7) is 0. The molecule has 0 aliphatic carbocycles. The number of nitrogens with zero attached hydrogens (tertiary/aromatic N) is 1. The molecule has 4 nitrogen and oxygen atoms in total. The number of primary amides is 1. The van der Waals surface area contributed by atoms with E-state index in [1.165, 1.54) is 0 Å². The Morgan fingerprint density at radius 2 is 2.50 bits per heavy atom. The third kappa shape index (κ3) is 1.28. The van der Waals surface area contributed by atoms with Crippen molar-refractivity contribution in [1.29, 1.82) is 0 Å². The first kappa shape index (κ1) is 6.67. The molecule has 0 unspecified atom stereocenters. The van der Waals surface area contributed by atoms with Crippen LogP contribution in [-0.2, 0) is 7.05 Å². The summed E-state index contributed by atoms with van der Waals surface area (Å²) in [5.74, 6) is 0.451. The van der Waals surface area contributed by atoms with Crippen LogP contribution in [-0.4, -0.2) is 10.7 Å². The van der Waals surface area contributed by atoms with Gasteiger partial charge in [-0.15, -0.1) is 0 Å². The Hall–Kier alpha value is -1.45. The number of amides is 1. The fraction of sp³-hybridized carbons (Fsp3) is 0.167. The molecule has 2 N–H and O–H groups in total. The molecule has 0 atom stereocenters. The summed E-state index contributed by atoms with van der Waals surface area (Å²) in [5, 5.41) is 0. The van der Waals surface area contributed by atoms with Gasteiger partial charge in [-0.05, 0) is 6.07 Å². The summed E-state index contributed by atoms with van der Waals surface area (Å²) in [5.41, 5.74) is 4.78. The van der Waals surface area contributed by atoms with Crippen LogP contribution in [0.15, 0.2) is 18.3 Å². The van der Waals surface area contributed by atoms with Gasteiger partial charge in [0.25, 0.3) is 0 Å². The molecular formula is C6H8N2O2.